The van der Waals surface area contributed by atoms with Crippen LogP contribution in [0.3, 0.4) is 0 Å². The first-order valence-corrected chi connectivity index (χ1v) is 5.65. The van der Waals surface area contributed by atoms with Gasteiger partial charge in [-0.3, -0.25) is 4.90 Å². The molecule has 2 heterocycles. The fourth-order valence-corrected chi connectivity index (χ4v) is 1.89. The highest BCUT2D eigenvalue weighted by Crippen LogP contribution is 2.11. The van der Waals surface area contributed by atoms with E-state index in [1.807, 2.05) is 6.20 Å². The van der Waals surface area contributed by atoms with Crippen LogP contribution in [0.1, 0.15) is 19.7 Å². The average Bonchev–Trinajstić information content (AvgIpc) is 2.64. The molecule has 1 aliphatic rings. The van der Waals surface area contributed by atoms with Gasteiger partial charge in [0.15, 0.2) is 0 Å². The molecular weight excluding hydrogens is 188 g/mol. The minimum atomic E-state index is 0.270. The molecule has 0 radical (unpaired) electrons. The molecule has 1 aliphatic heterocycles. The number of nitrogens with two attached hydrogens (primary N) is 1. The molecule has 2 rings (SSSR count). The molecule has 0 aromatic carbocycles. The third-order valence-corrected chi connectivity index (χ3v) is 3.15. The maximum absolute atomic E-state index is 6.07. The lowest BCUT2D eigenvalue weighted by atomic mass is 10.0. The van der Waals surface area contributed by atoms with Crippen molar-refractivity contribution in [3.05, 3.63) is 18.2 Å². The Morgan fingerprint density at radius 1 is 1.47 bits per heavy atom. The van der Waals surface area contributed by atoms with Crippen LogP contribution in [0.4, 0.5) is 0 Å². The van der Waals surface area contributed by atoms with Crippen molar-refractivity contribution in [2.75, 3.05) is 13.1 Å². The molecule has 4 nitrogen and oxygen atoms in total. The van der Waals surface area contributed by atoms with Crippen molar-refractivity contribution < 1.29 is 0 Å². The Balaban J connectivity index is 1.93. The van der Waals surface area contributed by atoms with E-state index < -0.39 is 0 Å². The zero-order chi connectivity index (χ0) is 10.8. The van der Waals surface area contributed by atoms with E-state index in [0.29, 0.717) is 5.92 Å². The fourth-order valence-electron chi connectivity index (χ4n) is 1.89. The third-order valence-electron chi connectivity index (χ3n) is 3.15. The summed E-state index contributed by atoms with van der Waals surface area (Å²) in [6, 6.07) is 0.270. The van der Waals surface area contributed by atoms with Crippen molar-refractivity contribution in [2.24, 2.45) is 11.7 Å². The van der Waals surface area contributed by atoms with E-state index in [9.17, 15) is 0 Å². The average molecular weight is 208 g/mol. The number of rotatable bonds is 3. The lowest BCUT2D eigenvalue weighted by Gasteiger charge is -2.30. The van der Waals surface area contributed by atoms with Crippen LogP contribution >= 0.6 is 0 Å². The standard InChI is InChI=1S/C11H20N4/c1-9(2)10(12)7-14-5-6-15-4-3-13-11(15)8-14/h3-4,9-10H,5-8,12H2,1-2H3/t10-/m1/s1. The summed E-state index contributed by atoms with van der Waals surface area (Å²) in [5.41, 5.74) is 6.07. The third kappa shape index (κ3) is 2.38. The van der Waals surface area contributed by atoms with Gasteiger partial charge < -0.3 is 10.3 Å². The monoisotopic (exact) mass is 208 g/mol. The summed E-state index contributed by atoms with van der Waals surface area (Å²) >= 11 is 0. The first kappa shape index (κ1) is 10.6. The molecule has 1 aromatic heterocycles. The lowest BCUT2D eigenvalue weighted by Crippen LogP contribution is -2.43. The molecule has 0 spiro atoms. The van der Waals surface area contributed by atoms with Gasteiger partial charge in [-0.15, -0.1) is 0 Å². The fraction of sp³-hybridized carbons (Fsp3) is 0.727. The van der Waals surface area contributed by atoms with Gasteiger partial charge in [0.25, 0.3) is 0 Å². The number of fused-ring (bicyclic) bond motifs is 1. The van der Waals surface area contributed by atoms with Gasteiger partial charge in [0.1, 0.15) is 5.82 Å². The quantitative estimate of drug-likeness (QED) is 0.794. The van der Waals surface area contributed by atoms with Crippen molar-refractivity contribution in [1.29, 1.82) is 0 Å². The van der Waals surface area contributed by atoms with Gasteiger partial charge >= 0.3 is 0 Å². The molecule has 4 heteroatoms. The summed E-state index contributed by atoms with van der Waals surface area (Å²) < 4.78 is 2.22. The predicted molar refractivity (Wildman–Crippen MR) is 60.3 cm³/mol. The predicted octanol–water partition coefficient (Wildman–Crippen LogP) is 0.682. The van der Waals surface area contributed by atoms with E-state index in [1.54, 1.807) is 0 Å². The highest BCUT2D eigenvalue weighted by atomic mass is 15.2. The molecule has 0 saturated heterocycles. The molecule has 1 aromatic rings. The molecule has 0 unspecified atom stereocenters. The Labute approximate surface area is 91.1 Å². The first-order chi connectivity index (χ1) is 7.16. The maximum atomic E-state index is 6.07. The molecule has 1 atom stereocenters. The zero-order valence-electron chi connectivity index (χ0n) is 9.56. The van der Waals surface area contributed by atoms with Gasteiger partial charge in [-0.05, 0) is 5.92 Å². The normalized spacial score (nSPS) is 19.2. The van der Waals surface area contributed by atoms with Crippen LogP contribution in [-0.4, -0.2) is 33.6 Å². The Kier molecular flexibility index (Phi) is 3.07. The highest BCUT2D eigenvalue weighted by molar-refractivity contribution is 4.95. The van der Waals surface area contributed by atoms with Crippen molar-refractivity contribution >= 4 is 0 Å². The number of hydrogen-bond donors (Lipinski definition) is 1. The topological polar surface area (TPSA) is 47.1 Å². The van der Waals surface area contributed by atoms with Crippen LogP contribution in [0.2, 0.25) is 0 Å². The number of aromatic nitrogens is 2. The van der Waals surface area contributed by atoms with Crippen molar-refractivity contribution in [3.8, 4) is 0 Å². The molecule has 0 fully saturated rings. The van der Waals surface area contributed by atoms with E-state index in [-0.39, 0.29) is 6.04 Å². The summed E-state index contributed by atoms with van der Waals surface area (Å²) in [5.74, 6) is 1.71. The summed E-state index contributed by atoms with van der Waals surface area (Å²) in [5, 5.41) is 0. The summed E-state index contributed by atoms with van der Waals surface area (Å²) in [6.45, 7) is 8.40. The number of imidazole rings is 1. The summed E-state index contributed by atoms with van der Waals surface area (Å²) in [7, 11) is 0. The lowest BCUT2D eigenvalue weighted by molar-refractivity contribution is 0.192. The largest absolute Gasteiger partial charge is 0.333 e. The molecule has 0 saturated carbocycles. The van der Waals surface area contributed by atoms with Crippen LogP contribution in [0, 0.1) is 5.92 Å². The Morgan fingerprint density at radius 3 is 3.00 bits per heavy atom. The maximum Gasteiger partial charge on any atom is 0.122 e. The zero-order valence-corrected chi connectivity index (χ0v) is 9.56. The molecule has 0 amide bonds. The summed E-state index contributed by atoms with van der Waals surface area (Å²) in [4.78, 5) is 6.74. The second-order valence-electron chi connectivity index (χ2n) is 4.68. The SMILES string of the molecule is CC(C)[C@H](N)CN1CCn2ccnc2C1. The van der Waals surface area contributed by atoms with Gasteiger partial charge in [0, 0.05) is 38.1 Å². The smallest absolute Gasteiger partial charge is 0.122 e. The van der Waals surface area contributed by atoms with Gasteiger partial charge in [-0.2, -0.15) is 0 Å². The molecule has 0 bridgehead atoms. The van der Waals surface area contributed by atoms with Gasteiger partial charge in [-0.25, -0.2) is 4.98 Å². The minimum absolute atomic E-state index is 0.270. The van der Waals surface area contributed by atoms with E-state index in [1.165, 1.54) is 0 Å². The van der Waals surface area contributed by atoms with Crippen molar-refractivity contribution in [2.45, 2.75) is 33.0 Å². The highest BCUT2D eigenvalue weighted by Gasteiger charge is 2.19. The first-order valence-electron chi connectivity index (χ1n) is 5.65. The second kappa shape index (κ2) is 4.33. The Morgan fingerprint density at radius 2 is 2.27 bits per heavy atom. The van der Waals surface area contributed by atoms with Crippen LogP contribution in [0.5, 0.6) is 0 Å². The van der Waals surface area contributed by atoms with E-state index in [2.05, 4.69) is 34.5 Å². The molecule has 0 aliphatic carbocycles. The summed E-state index contributed by atoms with van der Waals surface area (Å²) in [6.07, 6.45) is 3.93. The Bertz CT molecular complexity index is 318. The van der Waals surface area contributed by atoms with Crippen LogP contribution in [-0.2, 0) is 13.1 Å². The van der Waals surface area contributed by atoms with Gasteiger partial charge in [0.05, 0.1) is 6.54 Å². The number of hydrogen-bond acceptors (Lipinski definition) is 3. The van der Waals surface area contributed by atoms with E-state index in [0.717, 1.165) is 32.0 Å². The molecular formula is C11H20N4. The second-order valence-corrected chi connectivity index (χ2v) is 4.68. The minimum Gasteiger partial charge on any atom is -0.333 e. The van der Waals surface area contributed by atoms with E-state index >= 15 is 0 Å². The van der Waals surface area contributed by atoms with Crippen molar-refractivity contribution in [3.63, 3.8) is 0 Å². The molecule has 84 valence electrons. The Hall–Kier alpha value is -0.870. The van der Waals surface area contributed by atoms with Crippen LogP contribution in [0.25, 0.3) is 0 Å². The van der Waals surface area contributed by atoms with Crippen molar-refractivity contribution in [1.82, 2.24) is 14.5 Å². The van der Waals surface area contributed by atoms with E-state index in [4.69, 9.17) is 5.73 Å². The molecule has 2 N–H and O–H groups in total. The number of nitrogens with zero attached hydrogens (tertiary/aromatic N) is 3. The van der Waals surface area contributed by atoms with Gasteiger partial charge in [-0.1, -0.05) is 13.8 Å². The van der Waals surface area contributed by atoms with Gasteiger partial charge in [0.2, 0.25) is 0 Å². The molecule has 15 heavy (non-hydrogen) atoms. The van der Waals surface area contributed by atoms with Crippen LogP contribution < -0.4 is 5.73 Å². The van der Waals surface area contributed by atoms with Crippen LogP contribution in [0.15, 0.2) is 12.4 Å².